The summed E-state index contributed by atoms with van der Waals surface area (Å²) >= 11 is 1.07. The fourth-order valence-electron chi connectivity index (χ4n) is 3.24. The van der Waals surface area contributed by atoms with Crippen molar-refractivity contribution in [2.75, 3.05) is 11.4 Å². The molecule has 0 bridgehead atoms. The Hall–Kier alpha value is -3.44. The number of aromatic carboxylic acids is 1. The van der Waals surface area contributed by atoms with Crippen LogP contribution in [0.25, 0.3) is 10.4 Å². The van der Waals surface area contributed by atoms with E-state index in [1.54, 1.807) is 18.2 Å². The van der Waals surface area contributed by atoms with Crippen molar-refractivity contribution in [3.05, 3.63) is 69.1 Å². The summed E-state index contributed by atoms with van der Waals surface area (Å²) in [6.07, 6.45) is 0. The van der Waals surface area contributed by atoms with Gasteiger partial charge >= 0.3 is 5.97 Å². The summed E-state index contributed by atoms with van der Waals surface area (Å²) in [6, 6.07) is 11.0. The van der Waals surface area contributed by atoms with Crippen molar-refractivity contribution in [3.8, 4) is 16.2 Å². The lowest BCUT2D eigenvalue weighted by Crippen LogP contribution is -2.32. The lowest BCUT2D eigenvalue weighted by molar-refractivity contribution is -0.384. The average molecular weight is 446 g/mol. The van der Waals surface area contributed by atoms with Gasteiger partial charge in [-0.05, 0) is 42.0 Å². The molecule has 0 amide bonds. The molecule has 0 saturated carbocycles. The van der Waals surface area contributed by atoms with Crippen molar-refractivity contribution in [1.82, 2.24) is 0 Å². The number of thiophene rings is 1. The smallest absolute Gasteiger partial charge is 0.345 e. The monoisotopic (exact) mass is 446 g/mol. The number of carboxylic acid groups (broad SMARTS) is 1. The molecule has 0 radical (unpaired) electrons. The molecule has 0 atom stereocenters. The summed E-state index contributed by atoms with van der Waals surface area (Å²) in [7, 11) is -2.58. The predicted octanol–water partition coefficient (Wildman–Crippen LogP) is 3.74. The van der Waals surface area contributed by atoms with Crippen molar-refractivity contribution in [2.45, 2.75) is 11.4 Å². The maximum Gasteiger partial charge on any atom is 0.345 e. The van der Waals surface area contributed by atoms with Gasteiger partial charge < -0.3 is 9.84 Å². The largest absolute Gasteiger partial charge is 0.497 e. The molecule has 1 aliphatic rings. The van der Waals surface area contributed by atoms with Crippen LogP contribution in [0.3, 0.4) is 0 Å². The molecule has 0 aliphatic carbocycles. The summed E-state index contributed by atoms with van der Waals surface area (Å²) in [5, 5.41) is 20.2. The molecule has 3 aromatic rings. The second-order valence-corrected chi connectivity index (χ2v) is 9.33. The van der Waals surface area contributed by atoms with Crippen LogP contribution in [0, 0.1) is 10.1 Å². The van der Waals surface area contributed by atoms with Gasteiger partial charge in [0.15, 0.2) is 0 Å². The van der Waals surface area contributed by atoms with Gasteiger partial charge in [-0.25, -0.2) is 13.2 Å². The van der Waals surface area contributed by atoms with E-state index in [0.717, 1.165) is 23.5 Å². The van der Waals surface area contributed by atoms with Gasteiger partial charge in [0.05, 0.1) is 29.2 Å². The van der Waals surface area contributed by atoms with Gasteiger partial charge in [-0.1, -0.05) is 0 Å². The Balaban J connectivity index is 1.86. The lowest BCUT2D eigenvalue weighted by atomic mass is 10.0. The number of hydrogen-bond donors (Lipinski definition) is 1. The number of nitro groups is 1. The summed E-state index contributed by atoms with van der Waals surface area (Å²) in [5.41, 5.74) is 1.26. The molecule has 0 unspecified atom stereocenters. The van der Waals surface area contributed by atoms with E-state index in [4.69, 9.17) is 4.74 Å². The third-order valence-corrected chi connectivity index (χ3v) is 7.66. The van der Waals surface area contributed by atoms with Crippen LogP contribution in [0.2, 0.25) is 0 Å². The standard InChI is InChI=1S/C19H14N2O7S2/c1-28-13-4-7-16-15(9-13)18-11(8-17(29-18)19(22)23)10-20(16)30(26,27)14-5-2-12(3-6-14)21(24)25/h2-9H,10H2,1H3,(H,22,23). The number of nitrogens with zero attached hydrogens (tertiary/aromatic N) is 2. The Morgan fingerprint density at radius 2 is 1.90 bits per heavy atom. The number of nitro benzene ring substituents is 1. The lowest BCUT2D eigenvalue weighted by Gasteiger charge is -2.30. The molecule has 11 heteroatoms. The van der Waals surface area contributed by atoms with Crippen LogP contribution in [0.15, 0.2) is 53.4 Å². The number of methoxy groups -OCH3 is 1. The van der Waals surface area contributed by atoms with E-state index in [-0.39, 0.29) is 22.0 Å². The minimum Gasteiger partial charge on any atom is -0.497 e. The quantitative estimate of drug-likeness (QED) is 0.467. The summed E-state index contributed by atoms with van der Waals surface area (Å²) < 4.78 is 33.1. The number of fused-ring (bicyclic) bond motifs is 3. The number of ether oxygens (including phenoxy) is 1. The van der Waals surface area contributed by atoms with Gasteiger partial charge in [0.1, 0.15) is 10.6 Å². The molecular weight excluding hydrogens is 432 g/mol. The van der Waals surface area contributed by atoms with Crippen molar-refractivity contribution < 1.29 is 28.0 Å². The Labute approximate surface area is 175 Å². The number of benzene rings is 2. The normalized spacial score (nSPS) is 12.8. The molecule has 0 saturated heterocycles. The molecule has 1 N–H and O–H groups in total. The van der Waals surface area contributed by atoms with Gasteiger partial charge in [-0.3, -0.25) is 14.4 Å². The maximum absolute atomic E-state index is 13.3. The minimum atomic E-state index is -4.06. The van der Waals surface area contributed by atoms with Crippen LogP contribution in [0.5, 0.6) is 5.75 Å². The maximum atomic E-state index is 13.3. The molecule has 1 aliphatic heterocycles. The van der Waals surface area contributed by atoms with Crippen LogP contribution in [0.4, 0.5) is 11.4 Å². The van der Waals surface area contributed by atoms with Crippen LogP contribution >= 0.6 is 11.3 Å². The highest BCUT2D eigenvalue weighted by Crippen LogP contribution is 2.47. The molecular formula is C19H14N2O7S2. The van der Waals surface area contributed by atoms with Gasteiger partial charge in [0.2, 0.25) is 0 Å². The zero-order chi connectivity index (χ0) is 21.6. The SMILES string of the molecule is COc1ccc2c(c1)-c1sc(C(=O)O)cc1CN2S(=O)(=O)c1ccc([N+](=O)[O-])cc1. The highest BCUT2D eigenvalue weighted by atomic mass is 32.2. The van der Waals surface area contributed by atoms with Gasteiger partial charge in [-0.2, -0.15) is 0 Å². The van der Waals surface area contributed by atoms with E-state index in [2.05, 4.69) is 0 Å². The van der Waals surface area contributed by atoms with Crippen LogP contribution in [0.1, 0.15) is 15.2 Å². The predicted molar refractivity (Wildman–Crippen MR) is 110 cm³/mol. The number of rotatable bonds is 5. The van der Waals surface area contributed by atoms with E-state index in [0.29, 0.717) is 27.4 Å². The second kappa shape index (κ2) is 7.11. The van der Waals surface area contributed by atoms with Crippen molar-refractivity contribution >= 4 is 38.7 Å². The van der Waals surface area contributed by atoms with Crippen molar-refractivity contribution in [1.29, 1.82) is 0 Å². The van der Waals surface area contributed by atoms with Crippen LogP contribution < -0.4 is 9.04 Å². The summed E-state index contributed by atoms with van der Waals surface area (Å²) in [6.45, 7) is -0.0578. The topological polar surface area (TPSA) is 127 Å². The molecule has 1 aromatic heterocycles. The number of sulfonamides is 1. The third kappa shape index (κ3) is 3.17. The van der Waals surface area contributed by atoms with E-state index >= 15 is 0 Å². The van der Waals surface area contributed by atoms with Gasteiger partial charge in [-0.15, -0.1) is 11.3 Å². The van der Waals surface area contributed by atoms with Gasteiger partial charge in [0.25, 0.3) is 15.7 Å². The van der Waals surface area contributed by atoms with E-state index in [1.807, 2.05) is 0 Å². The average Bonchev–Trinajstić information content (AvgIpc) is 3.17. The fourth-order valence-corrected chi connectivity index (χ4v) is 5.74. The Morgan fingerprint density at radius 3 is 2.50 bits per heavy atom. The minimum absolute atomic E-state index is 0.0578. The van der Waals surface area contributed by atoms with Crippen molar-refractivity contribution in [3.63, 3.8) is 0 Å². The third-order valence-electron chi connectivity index (χ3n) is 4.69. The molecule has 0 spiro atoms. The van der Waals surface area contributed by atoms with Crippen LogP contribution in [-0.2, 0) is 16.6 Å². The Bertz CT molecular complexity index is 1280. The number of carboxylic acids is 1. The molecule has 30 heavy (non-hydrogen) atoms. The van der Waals surface area contributed by atoms with Crippen LogP contribution in [-0.4, -0.2) is 31.5 Å². The first-order valence-electron chi connectivity index (χ1n) is 8.54. The highest BCUT2D eigenvalue weighted by molar-refractivity contribution is 7.92. The van der Waals surface area contributed by atoms with E-state index in [9.17, 15) is 28.4 Å². The molecule has 2 aromatic carbocycles. The second-order valence-electron chi connectivity index (χ2n) is 6.42. The summed E-state index contributed by atoms with van der Waals surface area (Å²) in [5.74, 6) is -0.594. The number of hydrogen-bond acceptors (Lipinski definition) is 7. The van der Waals surface area contributed by atoms with E-state index < -0.39 is 20.9 Å². The Kier molecular flexibility index (Phi) is 4.71. The zero-order valence-electron chi connectivity index (χ0n) is 15.4. The molecule has 9 nitrogen and oxygen atoms in total. The summed E-state index contributed by atoms with van der Waals surface area (Å²) in [4.78, 5) is 22.4. The number of non-ortho nitro benzene ring substituents is 1. The first kappa shape index (κ1) is 19.9. The first-order chi connectivity index (χ1) is 14.2. The first-order valence-corrected chi connectivity index (χ1v) is 10.8. The fraction of sp³-hybridized carbons (Fsp3) is 0.105. The van der Waals surface area contributed by atoms with Gasteiger partial charge in [0, 0.05) is 22.6 Å². The molecule has 2 heterocycles. The number of anilines is 1. The molecule has 4 rings (SSSR count). The zero-order valence-corrected chi connectivity index (χ0v) is 17.1. The number of carbonyl (C=O) groups is 1. The highest BCUT2D eigenvalue weighted by Gasteiger charge is 2.34. The van der Waals surface area contributed by atoms with Crippen molar-refractivity contribution in [2.24, 2.45) is 0 Å². The van der Waals surface area contributed by atoms with E-state index in [1.165, 1.54) is 29.6 Å². The molecule has 154 valence electrons. The molecule has 0 fully saturated rings. The Morgan fingerprint density at radius 1 is 1.20 bits per heavy atom.